The van der Waals surface area contributed by atoms with Crippen LogP contribution in [0.4, 0.5) is 0 Å². The monoisotopic (exact) mass is 285 g/mol. The molecule has 21 heavy (non-hydrogen) atoms. The minimum Gasteiger partial charge on any atom is -0.489 e. The van der Waals surface area contributed by atoms with Crippen molar-refractivity contribution in [3.63, 3.8) is 0 Å². The summed E-state index contributed by atoms with van der Waals surface area (Å²) in [7, 11) is 0. The van der Waals surface area contributed by atoms with E-state index in [1.807, 2.05) is 6.07 Å². The van der Waals surface area contributed by atoms with Crippen molar-refractivity contribution in [2.24, 2.45) is 5.73 Å². The average Bonchev–Trinajstić information content (AvgIpc) is 2.46. The van der Waals surface area contributed by atoms with Gasteiger partial charge in [-0.25, -0.2) is 4.79 Å². The zero-order chi connectivity index (χ0) is 15.4. The summed E-state index contributed by atoms with van der Waals surface area (Å²) in [6, 6.07) is 11.5. The Morgan fingerprint density at radius 3 is 2.52 bits per heavy atom. The quantitative estimate of drug-likeness (QED) is 0.882. The molecule has 2 aromatic carbocycles. The summed E-state index contributed by atoms with van der Waals surface area (Å²) >= 11 is 0. The van der Waals surface area contributed by atoms with Gasteiger partial charge in [0.2, 0.25) is 5.91 Å². The van der Waals surface area contributed by atoms with E-state index in [1.54, 1.807) is 37.3 Å². The van der Waals surface area contributed by atoms with Gasteiger partial charge < -0.3 is 15.6 Å². The lowest BCUT2D eigenvalue weighted by atomic mass is 10.1. The number of hydrogen-bond donors (Lipinski definition) is 2. The predicted octanol–water partition coefficient (Wildman–Crippen LogP) is 2.37. The predicted molar refractivity (Wildman–Crippen MR) is 77.4 cm³/mol. The first kappa shape index (κ1) is 14.6. The van der Waals surface area contributed by atoms with E-state index in [0.717, 1.165) is 11.1 Å². The van der Waals surface area contributed by atoms with Gasteiger partial charge in [0.05, 0.1) is 5.56 Å². The van der Waals surface area contributed by atoms with Crippen LogP contribution in [-0.4, -0.2) is 17.0 Å². The third-order valence-corrected chi connectivity index (χ3v) is 3.03. The largest absolute Gasteiger partial charge is 0.489 e. The Hall–Kier alpha value is -2.82. The summed E-state index contributed by atoms with van der Waals surface area (Å²) in [4.78, 5) is 22.0. The Bertz CT molecular complexity index is 694. The maximum atomic E-state index is 11.1. The molecule has 0 saturated carbocycles. The summed E-state index contributed by atoms with van der Waals surface area (Å²) in [5.41, 5.74) is 7.42. The molecule has 3 N–H and O–H groups in total. The zero-order valence-electron chi connectivity index (χ0n) is 11.5. The van der Waals surface area contributed by atoms with Crippen LogP contribution in [0.3, 0.4) is 0 Å². The molecule has 0 heterocycles. The fourth-order valence-corrected chi connectivity index (χ4v) is 1.92. The van der Waals surface area contributed by atoms with Crippen LogP contribution in [-0.2, 0) is 6.61 Å². The SMILES string of the molecule is Cc1cc(C(=O)O)ccc1OCc1cccc(C(N)=O)c1. The molecule has 0 saturated heterocycles. The molecule has 0 radical (unpaired) electrons. The molecule has 0 bridgehead atoms. The number of carboxylic acid groups (broad SMARTS) is 1. The van der Waals surface area contributed by atoms with Gasteiger partial charge in [0.15, 0.2) is 0 Å². The van der Waals surface area contributed by atoms with Gasteiger partial charge in [0.25, 0.3) is 0 Å². The molecule has 0 fully saturated rings. The van der Waals surface area contributed by atoms with E-state index in [4.69, 9.17) is 15.6 Å². The Morgan fingerprint density at radius 2 is 1.90 bits per heavy atom. The molecule has 5 nitrogen and oxygen atoms in total. The highest BCUT2D eigenvalue weighted by molar-refractivity contribution is 5.92. The van der Waals surface area contributed by atoms with Gasteiger partial charge in [-0.3, -0.25) is 4.79 Å². The number of carbonyl (C=O) groups is 2. The fraction of sp³-hybridized carbons (Fsp3) is 0.125. The molecule has 0 aliphatic heterocycles. The second-order valence-corrected chi connectivity index (χ2v) is 4.64. The lowest BCUT2D eigenvalue weighted by Gasteiger charge is -2.10. The molecule has 0 aliphatic rings. The van der Waals surface area contributed by atoms with Crippen molar-refractivity contribution in [1.82, 2.24) is 0 Å². The molecule has 1 amide bonds. The first-order chi connectivity index (χ1) is 9.97. The molecule has 2 aromatic rings. The number of hydrogen-bond acceptors (Lipinski definition) is 3. The number of benzene rings is 2. The maximum absolute atomic E-state index is 11.1. The Morgan fingerprint density at radius 1 is 1.14 bits per heavy atom. The van der Waals surface area contributed by atoms with E-state index < -0.39 is 11.9 Å². The van der Waals surface area contributed by atoms with Gasteiger partial charge in [0, 0.05) is 5.56 Å². The molecular formula is C16H15NO4. The van der Waals surface area contributed by atoms with Crippen LogP contribution >= 0.6 is 0 Å². The third-order valence-electron chi connectivity index (χ3n) is 3.03. The summed E-state index contributed by atoms with van der Waals surface area (Å²) in [5.74, 6) is -0.859. The molecule has 0 unspecified atom stereocenters. The summed E-state index contributed by atoms with van der Waals surface area (Å²) in [5, 5.41) is 8.91. The van der Waals surface area contributed by atoms with Crippen molar-refractivity contribution < 1.29 is 19.4 Å². The van der Waals surface area contributed by atoms with E-state index in [1.165, 1.54) is 6.07 Å². The van der Waals surface area contributed by atoms with Crippen molar-refractivity contribution in [2.45, 2.75) is 13.5 Å². The van der Waals surface area contributed by atoms with E-state index in [9.17, 15) is 9.59 Å². The highest BCUT2D eigenvalue weighted by atomic mass is 16.5. The lowest BCUT2D eigenvalue weighted by molar-refractivity contribution is 0.0696. The van der Waals surface area contributed by atoms with E-state index in [0.29, 0.717) is 11.3 Å². The first-order valence-corrected chi connectivity index (χ1v) is 6.33. The van der Waals surface area contributed by atoms with Gasteiger partial charge in [-0.1, -0.05) is 12.1 Å². The highest BCUT2D eigenvalue weighted by Crippen LogP contribution is 2.20. The van der Waals surface area contributed by atoms with Gasteiger partial charge in [-0.15, -0.1) is 0 Å². The van der Waals surface area contributed by atoms with Crippen molar-refractivity contribution in [1.29, 1.82) is 0 Å². The topological polar surface area (TPSA) is 89.6 Å². The standard InChI is InChI=1S/C16H15NO4/c1-10-7-13(16(19)20)5-6-14(10)21-9-11-3-2-4-12(8-11)15(17)18/h2-8H,9H2,1H3,(H2,17,18)(H,19,20). The number of aryl methyl sites for hydroxylation is 1. The van der Waals surface area contributed by atoms with Crippen LogP contribution in [0.25, 0.3) is 0 Å². The van der Waals surface area contributed by atoms with E-state index >= 15 is 0 Å². The number of amides is 1. The summed E-state index contributed by atoms with van der Waals surface area (Å²) < 4.78 is 5.65. The summed E-state index contributed by atoms with van der Waals surface area (Å²) in [6.07, 6.45) is 0. The molecule has 0 spiro atoms. The lowest BCUT2D eigenvalue weighted by Crippen LogP contribution is -2.11. The number of carbonyl (C=O) groups excluding carboxylic acids is 1. The molecule has 108 valence electrons. The van der Waals surface area contributed by atoms with E-state index in [2.05, 4.69) is 0 Å². The Labute approximate surface area is 122 Å². The number of nitrogens with two attached hydrogens (primary N) is 1. The van der Waals surface area contributed by atoms with Gasteiger partial charge in [-0.2, -0.15) is 0 Å². The molecule has 0 aromatic heterocycles. The zero-order valence-corrected chi connectivity index (χ0v) is 11.5. The minimum absolute atomic E-state index is 0.218. The molecule has 5 heteroatoms. The number of ether oxygens (including phenoxy) is 1. The van der Waals surface area contributed by atoms with Crippen LogP contribution in [0.5, 0.6) is 5.75 Å². The molecule has 0 aliphatic carbocycles. The fourth-order valence-electron chi connectivity index (χ4n) is 1.92. The highest BCUT2D eigenvalue weighted by Gasteiger charge is 2.07. The van der Waals surface area contributed by atoms with Crippen molar-refractivity contribution >= 4 is 11.9 Å². The van der Waals surface area contributed by atoms with Crippen LogP contribution in [0.2, 0.25) is 0 Å². The van der Waals surface area contributed by atoms with Crippen molar-refractivity contribution in [3.05, 3.63) is 64.7 Å². The molecule has 0 atom stereocenters. The number of aromatic carboxylic acids is 1. The van der Waals surface area contributed by atoms with Crippen molar-refractivity contribution in [3.8, 4) is 5.75 Å². The molecule has 2 rings (SSSR count). The van der Waals surface area contributed by atoms with Crippen molar-refractivity contribution in [2.75, 3.05) is 0 Å². The third kappa shape index (κ3) is 3.60. The number of rotatable bonds is 5. The van der Waals surface area contributed by atoms with E-state index in [-0.39, 0.29) is 12.2 Å². The Balaban J connectivity index is 2.11. The molecular weight excluding hydrogens is 270 g/mol. The van der Waals surface area contributed by atoms with Gasteiger partial charge in [0.1, 0.15) is 12.4 Å². The van der Waals surface area contributed by atoms with Crippen LogP contribution in [0.15, 0.2) is 42.5 Å². The second-order valence-electron chi connectivity index (χ2n) is 4.64. The van der Waals surface area contributed by atoms with Gasteiger partial charge in [-0.05, 0) is 48.4 Å². The first-order valence-electron chi connectivity index (χ1n) is 6.33. The maximum Gasteiger partial charge on any atom is 0.335 e. The number of carboxylic acids is 1. The Kier molecular flexibility index (Phi) is 4.23. The second kappa shape index (κ2) is 6.09. The van der Waals surface area contributed by atoms with Crippen LogP contribution < -0.4 is 10.5 Å². The van der Waals surface area contributed by atoms with Crippen LogP contribution in [0.1, 0.15) is 31.8 Å². The average molecular weight is 285 g/mol. The van der Waals surface area contributed by atoms with Crippen LogP contribution in [0, 0.1) is 6.92 Å². The number of primary amides is 1. The minimum atomic E-state index is -0.973. The van der Waals surface area contributed by atoms with Gasteiger partial charge >= 0.3 is 5.97 Å². The smallest absolute Gasteiger partial charge is 0.335 e. The summed E-state index contributed by atoms with van der Waals surface area (Å²) in [6.45, 7) is 2.05. The normalized spacial score (nSPS) is 10.1.